The van der Waals surface area contributed by atoms with Crippen LogP contribution in [-0.2, 0) is 0 Å². The first-order chi connectivity index (χ1) is 17.2. The van der Waals surface area contributed by atoms with Crippen molar-refractivity contribution in [2.24, 2.45) is 0 Å². The quantitative estimate of drug-likeness (QED) is 0.402. The molecular weight excluding hydrogens is 442 g/mol. The standard InChI is InChI=1S/C26H23N7O2/c1-35-20-9-5-8-19(16-20)33-25-23(29-30-33)24(27-17-28-25)31-12-14-32(15-13-31)26(34)22-11-4-7-18-6-2-3-10-21(18)22/h2-11,16-17H,12-15H2,1H3. The summed E-state index contributed by atoms with van der Waals surface area (Å²) in [5.41, 5.74) is 2.80. The Bertz CT molecular complexity index is 1530. The van der Waals surface area contributed by atoms with E-state index >= 15 is 0 Å². The van der Waals surface area contributed by atoms with Crippen molar-refractivity contribution in [3.63, 3.8) is 0 Å². The van der Waals surface area contributed by atoms with Crippen LogP contribution >= 0.6 is 0 Å². The van der Waals surface area contributed by atoms with Crippen LogP contribution in [0.3, 0.4) is 0 Å². The normalized spacial score (nSPS) is 14.0. The van der Waals surface area contributed by atoms with Gasteiger partial charge in [0, 0.05) is 37.8 Å². The second kappa shape index (κ2) is 8.68. The lowest BCUT2D eigenvalue weighted by atomic mass is 10.0. The molecule has 1 fully saturated rings. The van der Waals surface area contributed by atoms with E-state index in [-0.39, 0.29) is 5.91 Å². The number of amides is 1. The van der Waals surface area contributed by atoms with Gasteiger partial charge in [0.15, 0.2) is 17.0 Å². The third-order valence-electron chi connectivity index (χ3n) is 6.40. The van der Waals surface area contributed by atoms with E-state index in [4.69, 9.17) is 4.74 Å². The molecule has 6 rings (SSSR count). The minimum atomic E-state index is 0.0539. The summed E-state index contributed by atoms with van der Waals surface area (Å²) in [5, 5.41) is 10.8. The molecule has 5 aromatic rings. The number of benzene rings is 3. The number of carbonyl (C=O) groups is 1. The van der Waals surface area contributed by atoms with Crippen molar-refractivity contribution in [3.05, 3.63) is 78.6 Å². The smallest absolute Gasteiger partial charge is 0.254 e. The van der Waals surface area contributed by atoms with Gasteiger partial charge in [0.25, 0.3) is 5.91 Å². The Hall–Kier alpha value is -4.53. The number of rotatable bonds is 4. The monoisotopic (exact) mass is 465 g/mol. The predicted molar refractivity (Wildman–Crippen MR) is 133 cm³/mol. The molecule has 1 saturated heterocycles. The molecule has 2 aromatic heterocycles. The fourth-order valence-electron chi connectivity index (χ4n) is 4.59. The van der Waals surface area contributed by atoms with Gasteiger partial charge in [0.2, 0.25) is 0 Å². The van der Waals surface area contributed by atoms with Gasteiger partial charge in [-0.25, -0.2) is 9.97 Å². The van der Waals surface area contributed by atoms with Crippen molar-refractivity contribution in [1.82, 2.24) is 29.9 Å². The second-order valence-electron chi connectivity index (χ2n) is 8.38. The first-order valence-corrected chi connectivity index (χ1v) is 11.5. The van der Waals surface area contributed by atoms with Crippen LogP contribution in [0.15, 0.2) is 73.1 Å². The molecule has 0 N–H and O–H groups in total. The maximum Gasteiger partial charge on any atom is 0.254 e. The molecule has 1 aliphatic heterocycles. The Morgan fingerprint density at radius 3 is 2.57 bits per heavy atom. The summed E-state index contributed by atoms with van der Waals surface area (Å²) >= 11 is 0. The van der Waals surface area contributed by atoms with Crippen LogP contribution in [0, 0.1) is 0 Å². The second-order valence-corrected chi connectivity index (χ2v) is 8.38. The number of nitrogens with zero attached hydrogens (tertiary/aromatic N) is 7. The van der Waals surface area contributed by atoms with Gasteiger partial charge in [-0.05, 0) is 29.0 Å². The number of hydrogen-bond acceptors (Lipinski definition) is 7. The average molecular weight is 466 g/mol. The van der Waals surface area contributed by atoms with Crippen molar-refractivity contribution < 1.29 is 9.53 Å². The summed E-state index contributed by atoms with van der Waals surface area (Å²) in [6.07, 6.45) is 1.53. The molecule has 0 atom stereocenters. The zero-order valence-electron chi connectivity index (χ0n) is 19.2. The Balaban J connectivity index is 1.24. The molecule has 0 spiro atoms. The van der Waals surface area contributed by atoms with Crippen molar-refractivity contribution >= 4 is 33.7 Å². The average Bonchev–Trinajstić information content (AvgIpc) is 3.37. The van der Waals surface area contributed by atoms with Gasteiger partial charge in [-0.1, -0.05) is 47.7 Å². The molecule has 3 aromatic carbocycles. The highest BCUT2D eigenvalue weighted by Crippen LogP contribution is 2.26. The van der Waals surface area contributed by atoms with Crippen LogP contribution < -0.4 is 9.64 Å². The molecule has 0 bridgehead atoms. The van der Waals surface area contributed by atoms with Crippen molar-refractivity contribution in [2.45, 2.75) is 0 Å². The van der Waals surface area contributed by atoms with E-state index in [2.05, 4.69) is 25.2 Å². The van der Waals surface area contributed by atoms with Gasteiger partial charge in [0.1, 0.15) is 12.1 Å². The predicted octanol–water partition coefficient (Wildman–Crippen LogP) is 3.33. The van der Waals surface area contributed by atoms with Crippen LogP contribution in [0.4, 0.5) is 5.82 Å². The van der Waals surface area contributed by atoms with Gasteiger partial charge in [0.05, 0.1) is 12.8 Å². The fourth-order valence-corrected chi connectivity index (χ4v) is 4.59. The summed E-state index contributed by atoms with van der Waals surface area (Å²) in [6, 6.07) is 21.4. The van der Waals surface area contributed by atoms with E-state index in [1.165, 1.54) is 6.33 Å². The summed E-state index contributed by atoms with van der Waals surface area (Å²) in [6.45, 7) is 2.48. The molecule has 0 radical (unpaired) electrons. The molecule has 1 amide bonds. The van der Waals surface area contributed by atoms with Crippen LogP contribution in [0.25, 0.3) is 27.6 Å². The number of anilines is 1. The van der Waals surface area contributed by atoms with Crippen molar-refractivity contribution in [3.8, 4) is 11.4 Å². The molecule has 9 heteroatoms. The number of carbonyl (C=O) groups excluding carboxylic acids is 1. The molecule has 0 unspecified atom stereocenters. The number of piperazine rings is 1. The van der Waals surface area contributed by atoms with E-state index < -0.39 is 0 Å². The van der Waals surface area contributed by atoms with E-state index in [9.17, 15) is 4.79 Å². The van der Waals surface area contributed by atoms with Crippen LogP contribution in [0.5, 0.6) is 5.75 Å². The molecule has 1 aliphatic rings. The first kappa shape index (κ1) is 21.0. The lowest BCUT2D eigenvalue weighted by molar-refractivity contribution is 0.0748. The number of fused-ring (bicyclic) bond motifs is 2. The van der Waals surface area contributed by atoms with Gasteiger partial charge >= 0.3 is 0 Å². The number of aromatic nitrogens is 5. The number of ether oxygens (including phenoxy) is 1. The van der Waals surface area contributed by atoms with E-state index in [1.807, 2.05) is 71.6 Å². The fraction of sp³-hybridized carbons (Fsp3) is 0.192. The van der Waals surface area contributed by atoms with E-state index in [0.29, 0.717) is 37.3 Å². The zero-order valence-corrected chi connectivity index (χ0v) is 19.2. The zero-order chi connectivity index (χ0) is 23.8. The van der Waals surface area contributed by atoms with Crippen LogP contribution in [0.2, 0.25) is 0 Å². The maximum atomic E-state index is 13.3. The lowest BCUT2D eigenvalue weighted by Gasteiger charge is -2.35. The molecule has 0 saturated carbocycles. The molecule has 3 heterocycles. The summed E-state index contributed by atoms with van der Waals surface area (Å²) in [5.74, 6) is 1.51. The maximum absolute atomic E-state index is 13.3. The largest absolute Gasteiger partial charge is 0.497 e. The summed E-state index contributed by atoms with van der Waals surface area (Å²) in [7, 11) is 1.63. The van der Waals surface area contributed by atoms with Gasteiger partial charge in [-0.3, -0.25) is 4.79 Å². The highest BCUT2D eigenvalue weighted by molar-refractivity contribution is 6.07. The highest BCUT2D eigenvalue weighted by atomic mass is 16.5. The SMILES string of the molecule is COc1cccc(-n2nnc3c(N4CCN(C(=O)c5cccc6ccccc56)CC4)ncnc32)c1. The topological polar surface area (TPSA) is 89.3 Å². The lowest BCUT2D eigenvalue weighted by Crippen LogP contribution is -2.49. The van der Waals surface area contributed by atoms with Gasteiger partial charge in [-0.15, -0.1) is 5.10 Å². The third kappa shape index (κ3) is 3.71. The molecule has 0 aliphatic carbocycles. The summed E-state index contributed by atoms with van der Waals surface area (Å²) < 4.78 is 7.02. The van der Waals surface area contributed by atoms with Crippen molar-refractivity contribution in [2.75, 3.05) is 38.2 Å². The molecule has 174 valence electrons. The molecule has 9 nitrogen and oxygen atoms in total. The molecular formula is C26H23N7O2. The first-order valence-electron chi connectivity index (χ1n) is 11.5. The van der Waals surface area contributed by atoms with Gasteiger partial charge < -0.3 is 14.5 Å². The summed E-state index contributed by atoms with van der Waals surface area (Å²) in [4.78, 5) is 26.3. The number of methoxy groups -OCH3 is 1. The Morgan fingerprint density at radius 2 is 1.71 bits per heavy atom. The van der Waals surface area contributed by atoms with Gasteiger partial charge in [-0.2, -0.15) is 4.68 Å². The van der Waals surface area contributed by atoms with E-state index in [0.717, 1.165) is 33.6 Å². The Labute approximate surface area is 201 Å². The van der Waals surface area contributed by atoms with Crippen molar-refractivity contribution in [1.29, 1.82) is 0 Å². The minimum Gasteiger partial charge on any atom is -0.497 e. The molecule has 35 heavy (non-hydrogen) atoms. The van der Waals surface area contributed by atoms with Crippen LogP contribution in [-0.4, -0.2) is 69.1 Å². The highest BCUT2D eigenvalue weighted by Gasteiger charge is 2.26. The Morgan fingerprint density at radius 1 is 0.914 bits per heavy atom. The van der Waals surface area contributed by atoms with E-state index in [1.54, 1.807) is 11.8 Å². The van der Waals surface area contributed by atoms with Crippen LogP contribution in [0.1, 0.15) is 10.4 Å². The third-order valence-corrected chi connectivity index (χ3v) is 6.40. The minimum absolute atomic E-state index is 0.0539. The Kier molecular flexibility index (Phi) is 5.21. The number of hydrogen-bond donors (Lipinski definition) is 0.